The van der Waals surface area contributed by atoms with Crippen molar-refractivity contribution in [1.29, 1.82) is 0 Å². The number of rotatable bonds is 9. The molecule has 3 heterocycles. The fraction of sp³-hybridized carbons (Fsp3) is 0.242. The zero-order valence-electron chi connectivity index (χ0n) is 25.4. The number of thioether (sulfide) groups is 1. The van der Waals surface area contributed by atoms with Gasteiger partial charge in [0.25, 0.3) is 0 Å². The smallest absolute Gasteiger partial charge is 0.338 e. The molecule has 1 N–H and O–H groups in total. The van der Waals surface area contributed by atoms with Crippen LogP contribution in [0.3, 0.4) is 0 Å². The Kier molecular flexibility index (Phi) is 8.88. The maximum absolute atomic E-state index is 14.1. The number of amides is 3. The van der Waals surface area contributed by atoms with Crippen molar-refractivity contribution in [1.82, 2.24) is 4.57 Å². The number of nitrogens with one attached hydrogen (secondary N) is 1. The van der Waals surface area contributed by atoms with E-state index in [9.17, 15) is 28.4 Å². The summed E-state index contributed by atoms with van der Waals surface area (Å²) in [6.45, 7) is 1.57. The number of fused-ring (bicyclic) bond motifs is 2. The zero-order valence-corrected chi connectivity index (χ0v) is 27.0. The first-order chi connectivity index (χ1) is 22.6. The molecule has 6 rings (SSSR count). The Morgan fingerprint density at radius 2 is 1.62 bits per heavy atom. The van der Waals surface area contributed by atoms with E-state index in [1.165, 1.54) is 55.2 Å². The van der Waals surface area contributed by atoms with Gasteiger partial charge >= 0.3 is 10.8 Å². The van der Waals surface area contributed by atoms with Gasteiger partial charge in [-0.2, -0.15) is 0 Å². The fourth-order valence-corrected chi connectivity index (χ4v) is 8.53. The van der Waals surface area contributed by atoms with E-state index in [1.807, 2.05) is 0 Å². The summed E-state index contributed by atoms with van der Waals surface area (Å²) >= 11 is 1.97. The van der Waals surface area contributed by atoms with Crippen molar-refractivity contribution in [2.75, 3.05) is 31.0 Å². The molecular formula is C33H28FN3O8S2. The first-order valence-electron chi connectivity index (χ1n) is 14.5. The van der Waals surface area contributed by atoms with Crippen molar-refractivity contribution in [2.45, 2.75) is 29.7 Å². The number of hydrogen-bond donors (Lipinski definition) is 1. The number of halogens is 1. The average Bonchev–Trinajstić information content (AvgIpc) is 3.51. The number of carbonyl (C=O) groups excluding carboxylic acids is 4. The Balaban J connectivity index is 1.37. The van der Waals surface area contributed by atoms with Crippen LogP contribution in [0.25, 0.3) is 0 Å². The van der Waals surface area contributed by atoms with Crippen molar-refractivity contribution in [3.8, 4) is 11.5 Å². The SMILES string of the molecule is CCOC(=O)c1ccc(NC(=O)Cn2c3c(sc2=O)[C@@H](c2ccc(OC)c(OC)c2)[C@@H]2C(=O)N(c4ccc(F)cc4)C(=O)[C@@H]2S3)cc1. The number of aromatic nitrogens is 1. The van der Waals surface area contributed by atoms with Crippen LogP contribution in [0.2, 0.25) is 0 Å². The number of hydrogen-bond acceptors (Lipinski definition) is 10. The lowest BCUT2D eigenvalue weighted by Crippen LogP contribution is -2.33. The van der Waals surface area contributed by atoms with Crippen molar-refractivity contribution in [2.24, 2.45) is 5.92 Å². The highest BCUT2D eigenvalue weighted by molar-refractivity contribution is 8.00. The van der Waals surface area contributed by atoms with Crippen molar-refractivity contribution < 1.29 is 37.8 Å². The molecule has 1 fully saturated rings. The van der Waals surface area contributed by atoms with E-state index >= 15 is 0 Å². The van der Waals surface area contributed by atoms with Gasteiger partial charge in [-0.3, -0.25) is 23.7 Å². The minimum atomic E-state index is -0.933. The van der Waals surface area contributed by atoms with Crippen LogP contribution in [0.15, 0.2) is 76.6 Å². The fourth-order valence-electron chi connectivity index (χ4n) is 5.75. The number of ether oxygens (including phenoxy) is 3. The lowest BCUT2D eigenvalue weighted by atomic mass is 9.83. The Labute approximate surface area is 276 Å². The Morgan fingerprint density at radius 3 is 2.28 bits per heavy atom. The van der Waals surface area contributed by atoms with Gasteiger partial charge in [-0.1, -0.05) is 29.2 Å². The molecule has 4 aromatic rings. The van der Waals surface area contributed by atoms with Crippen LogP contribution in [-0.4, -0.2) is 54.3 Å². The van der Waals surface area contributed by atoms with Crippen molar-refractivity contribution >= 4 is 58.2 Å². The average molecular weight is 678 g/mol. The first-order valence-corrected chi connectivity index (χ1v) is 16.2. The molecule has 3 atom stereocenters. The number of imide groups is 1. The van der Waals surface area contributed by atoms with E-state index in [0.29, 0.717) is 38.2 Å². The summed E-state index contributed by atoms with van der Waals surface area (Å²) in [5.41, 5.74) is 1.57. The van der Waals surface area contributed by atoms with Gasteiger partial charge in [-0.25, -0.2) is 14.1 Å². The molecule has 242 valence electrons. The molecule has 3 amide bonds. The van der Waals surface area contributed by atoms with Crippen LogP contribution in [0.1, 0.15) is 33.6 Å². The second-order valence-corrected chi connectivity index (χ2v) is 12.7. The maximum Gasteiger partial charge on any atom is 0.338 e. The van der Waals surface area contributed by atoms with E-state index in [-0.39, 0.29) is 18.8 Å². The third-order valence-electron chi connectivity index (χ3n) is 7.88. The minimum Gasteiger partial charge on any atom is -0.493 e. The van der Waals surface area contributed by atoms with Crippen LogP contribution >= 0.6 is 23.1 Å². The van der Waals surface area contributed by atoms with Crippen LogP contribution in [0.5, 0.6) is 11.5 Å². The summed E-state index contributed by atoms with van der Waals surface area (Å²) in [6.07, 6.45) is 0. The van der Waals surface area contributed by atoms with E-state index in [1.54, 1.807) is 37.3 Å². The van der Waals surface area contributed by atoms with Gasteiger partial charge in [0.2, 0.25) is 17.7 Å². The molecule has 1 saturated heterocycles. The van der Waals surface area contributed by atoms with Gasteiger partial charge in [0.05, 0.1) is 43.0 Å². The highest BCUT2D eigenvalue weighted by atomic mass is 32.2. The lowest BCUT2D eigenvalue weighted by Gasteiger charge is -2.31. The van der Waals surface area contributed by atoms with E-state index in [2.05, 4.69) is 5.32 Å². The highest BCUT2D eigenvalue weighted by Gasteiger charge is 2.57. The second-order valence-electron chi connectivity index (χ2n) is 10.6. The molecule has 0 spiro atoms. The molecule has 2 aliphatic heterocycles. The quantitative estimate of drug-likeness (QED) is 0.198. The summed E-state index contributed by atoms with van der Waals surface area (Å²) in [7, 11) is 2.97. The summed E-state index contributed by atoms with van der Waals surface area (Å²) < 4.78 is 30.9. The molecule has 1 aromatic heterocycles. The monoisotopic (exact) mass is 677 g/mol. The number of nitrogens with zero attached hydrogens (tertiary/aromatic N) is 2. The number of benzene rings is 3. The zero-order chi connectivity index (χ0) is 33.4. The largest absolute Gasteiger partial charge is 0.493 e. The molecule has 3 aromatic carbocycles. The third-order valence-corrected chi connectivity index (χ3v) is 10.5. The molecule has 0 aliphatic carbocycles. The van der Waals surface area contributed by atoms with Crippen LogP contribution in [-0.2, 0) is 25.7 Å². The van der Waals surface area contributed by atoms with Gasteiger partial charge in [0.15, 0.2) is 11.5 Å². The van der Waals surface area contributed by atoms with Crippen molar-refractivity contribution in [3.63, 3.8) is 0 Å². The Hall–Kier alpha value is -4.95. The predicted octanol–water partition coefficient (Wildman–Crippen LogP) is 4.68. The minimum absolute atomic E-state index is 0.230. The van der Waals surface area contributed by atoms with Crippen LogP contribution < -0.4 is 24.6 Å². The molecule has 11 nitrogen and oxygen atoms in total. The lowest BCUT2D eigenvalue weighted by molar-refractivity contribution is -0.122. The van der Waals surface area contributed by atoms with Gasteiger partial charge in [0.1, 0.15) is 17.6 Å². The van der Waals surface area contributed by atoms with Gasteiger partial charge in [0, 0.05) is 16.5 Å². The second kappa shape index (κ2) is 13.0. The van der Waals surface area contributed by atoms with E-state index in [0.717, 1.165) is 28.0 Å². The van der Waals surface area contributed by atoms with Crippen molar-refractivity contribution in [3.05, 3.63) is 98.2 Å². The standard InChI is InChI=1S/C33H28FN3O8S2/c1-4-45-32(41)17-5-10-20(11-6-17)35-24(38)16-36-31-28(47-33(36)42)25(18-7-14-22(43-2)23(15-18)44-3)26-27(46-31)30(40)37(29(26)39)21-12-8-19(34)9-13-21/h5-15,25-27H,4,16H2,1-3H3,(H,35,38)/t25-,26-,27+/m0/s1. The normalized spacial score (nSPS) is 18.4. The third kappa shape index (κ3) is 5.89. The number of methoxy groups -OCH3 is 2. The van der Waals surface area contributed by atoms with Gasteiger partial charge in [-0.15, -0.1) is 0 Å². The number of carbonyl (C=O) groups is 4. The van der Waals surface area contributed by atoms with Gasteiger partial charge < -0.3 is 19.5 Å². The van der Waals surface area contributed by atoms with E-state index < -0.39 is 51.5 Å². The number of anilines is 2. The molecule has 0 saturated carbocycles. The maximum atomic E-state index is 14.1. The van der Waals surface area contributed by atoms with Crippen LogP contribution in [0.4, 0.5) is 15.8 Å². The summed E-state index contributed by atoms with van der Waals surface area (Å²) in [6, 6.07) is 16.4. The molecule has 0 unspecified atom stereocenters. The predicted molar refractivity (Wildman–Crippen MR) is 173 cm³/mol. The Morgan fingerprint density at radius 1 is 0.915 bits per heavy atom. The van der Waals surface area contributed by atoms with Crippen LogP contribution in [0, 0.1) is 11.7 Å². The van der Waals surface area contributed by atoms with E-state index in [4.69, 9.17) is 14.2 Å². The molecule has 14 heteroatoms. The first kappa shape index (κ1) is 32.0. The topological polar surface area (TPSA) is 133 Å². The molecule has 0 bridgehead atoms. The molecule has 2 aliphatic rings. The number of thiazole rings is 1. The molecule has 0 radical (unpaired) electrons. The summed E-state index contributed by atoms with van der Waals surface area (Å²) in [5.74, 6) is -3.29. The molecule has 47 heavy (non-hydrogen) atoms. The Bertz CT molecular complexity index is 1940. The van der Waals surface area contributed by atoms with Gasteiger partial charge in [-0.05, 0) is 73.2 Å². The summed E-state index contributed by atoms with van der Waals surface area (Å²) in [5, 5.41) is 2.20. The number of esters is 1. The molecular weight excluding hydrogens is 650 g/mol. The highest BCUT2D eigenvalue weighted by Crippen LogP contribution is 2.54. The summed E-state index contributed by atoms with van der Waals surface area (Å²) in [4.78, 5) is 67.7.